The van der Waals surface area contributed by atoms with Gasteiger partial charge >= 0.3 is 0 Å². The summed E-state index contributed by atoms with van der Waals surface area (Å²) in [7, 11) is 0. The Morgan fingerprint density at radius 1 is 1.26 bits per heavy atom. The highest BCUT2D eigenvalue weighted by Crippen LogP contribution is 2.16. The third kappa shape index (κ3) is 4.10. The molecular formula is C17H19FN4O. The largest absolute Gasteiger partial charge is 0.348 e. The van der Waals surface area contributed by atoms with Crippen LogP contribution in [0.4, 0.5) is 4.39 Å². The number of benzene rings is 1. The first-order valence-electron chi connectivity index (χ1n) is 7.75. The van der Waals surface area contributed by atoms with Gasteiger partial charge in [0.2, 0.25) is 0 Å². The molecule has 120 valence electrons. The number of nitrogens with zero attached hydrogens (tertiary/aromatic N) is 3. The molecule has 3 rings (SSSR count). The molecule has 1 aliphatic heterocycles. The van der Waals surface area contributed by atoms with E-state index in [1.54, 1.807) is 18.3 Å². The van der Waals surface area contributed by atoms with Gasteiger partial charge in [0.1, 0.15) is 17.8 Å². The van der Waals surface area contributed by atoms with Crippen LogP contribution in [0, 0.1) is 5.82 Å². The number of carbonyl (C=O) groups is 1. The van der Waals surface area contributed by atoms with E-state index in [1.165, 1.54) is 12.4 Å². The first-order valence-corrected chi connectivity index (χ1v) is 7.75. The van der Waals surface area contributed by atoms with E-state index in [1.807, 2.05) is 12.1 Å². The van der Waals surface area contributed by atoms with Gasteiger partial charge in [-0.05, 0) is 25.0 Å². The number of aromatic nitrogens is 2. The molecule has 0 aliphatic carbocycles. The van der Waals surface area contributed by atoms with Crippen molar-refractivity contribution in [2.75, 3.05) is 13.1 Å². The summed E-state index contributed by atoms with van der Waals surface area (Å²) in [5.41, 5.74) is 1.10. The third-order valence-electron chi connectivity index (χ3n) is 4.09. The minimum Gasteiger partial charge on any atom is -0.348 e. The van der Waals surface area contributed by atoms with Crippen LogP contribution in [0.5, 0.6) is 0 Å². The maximum absolute atomic E-state index is 13.7. The van der Waals surface area contributed by atoms with E-state index in [0.717, 1.165) is 31.5 Å². The van der Waals surface area contributed by atoms with Crippen molar-refractivity contribution in [1.82, 2.24) is 20.2 Å². The van der Waals surface area contributed by atoms with Gasteiger partial charge in [0.05, 0.1) is 0 Å². The molecule has 1 aromatic carbocycles. The molecular weight excluding hydrogens is 295 g/mol. The van der Waals surface area contributed by atoms with E-state index in [2.05, 4.69) is 20.2 Å². The van der Waals surface area contributed by atoms with Crippen molar-refractivity contribution in [3.8, 4) is 0 Å². The van der Waals surface area contributed by atoms with E-state index in [0.29, 0.717) is 12.2 Å². The van der Waals surface area contributed by atoms with Gasteiger partial charge in [-0.25, -0.2) is 14.4 Å². The molecule has 2 heterocycles. The number of likely N-dealkylation sites (tertiary alicyclic amines) is 1. The molecule has 5 nitrogen and oxygen atoms in total. The first kappa shape index (κ1) is 15.6. The number of piperidine rings is 1. The predicted octanol–water partition coefficient (Wildman–Crippen LogP) is 2.01. The monoisotopic (exact) mass is 314 g/mol. The fourth-order valence-electron chi connectivity index (χ4n) is 2.79. The van der Waals surface area contributed by atoms with Gasteiger partial charge in [-0.1, -0.05) is 18.2 Å². The van der Waals surface area contributed by atoms with Crippen molar-refractivity contribution in [3.63, 3.8) is 0 Å². The fraction of sp³-hybridized carbons (Fsp3) is 0.353. The molecule has 1 aliphatic rings. The van der Waals surface area contributed by atoms with Crippen LogP contribution >= 0.6 is 0 Å². The minimum absolute atomic E-state index is 0.134. The van der Waals surface area contributed by atoms with Gasteiger partial charge in [0.25, 0.3) is 5.91 Å². The lowest BCUT2D eigenvalue weighted by molar-refractivity contribution is 0.0903. The lowest BCUT2D eigenvalue weighted by atomic mass is 10.0. The van der Waals surface area contributed by atoms with Gasteiger partial charge in [-0.15, -0.1) is 0 Å². The predicted molar refractivity (Wildman–Crippen MR) is 84.2 cm³/mol. The Kier molecular flexibility index (Phi) is 4.92. The van der Waals surface area contributed by atoms with E-state index in [4.69, 9.17) is 0 Å². The Morgan fingerprint density at radius 2 is 2.04 bits per heavy atom. The zero-order valence-corrected chi connectivity index (χ0v) is 12.8. The first-order chi connectivity index (χ1) is 11.2. The van der Waals surface area contributed by atoms with Crippen LogP contribution in [-0.2, 0) is 6.54 Å². The smallest absolute Gasteiger partial charge is 0.270 e. The number of amides is 1. The maximum Gasteiger partial charge on any atom is 0.270 e. The minimum atomic E-state index is -0.167. The number of hydrogen-bond donors (Lipinski definition) is 1. The van der Waals surface area contributed by atoms with Crippen LogP contribution in [0.3, 0.4) is 0 Å². The molecule has 1 N–H and O–H groups in total. The Morgan fingerprint density at radius 3 is 2.74 bits per heavy atom. The highest BCUT2D eigenvalue weighted by atomic mass is 19.1. The van der Waals surface area contributed by atoms with Crippen molar-refractivity contribution in [2.24, 2.45) is 0 Å². The summed E-state index contributed by atoms with van der Waals surface area (Å²) in [6.45, 7) is 2.28. The highest BCUT2D eigenvalue weighted by molar-refractivity contribution is 5.92. The van der Waals surface area contributed by atoms with Crippen molar-refractivity contribution in [3.05, 3.63) is 59.9 Å². The summed E-state index contributed by atoms with van der Waals surface area (Å²) in [4.78, 5) is 22.0. The number of nitrogens with one attached hydrogen (secondary N) is 1. The summed E-state index contributed by atoms with van der Waals surface area (Å²) >= 11 is 0. The van der Waals surface area contributed by atoms with Crippen LogP contribution in [-0.4, -0.2) is 39.9 Å². The van der Waals surface area contributed by atoms with Gasteiger partial charge in [-0.2, -0.15) is 0 Å². The third-order valence-corrected chi connectivity index (χ3v) is 4.09. The zero-order chi connectivity index (χ0) is 16.1. The van der Waals surface area contributed by atoms with Gasteiger partial charge in [0.15, 0.2) is 0 Å². The standard InChI is InChI=1S/C17H19FN4O/c18-15-4-2-1-3-13(15)11-22-9-6-14(7-10-22)21-17(23)16-5-8-19-12-20-16/h1-5,8,12,14H,6-7,9-11H2,(H,21,23). The number of rotatable bonds is 4. The van der Waals surface area contributed by atoms with E-state index in [-0.39, 0.29) is 17.8 Å². The number of carbonyl (C=O) groups excluding carboxylic acids is 1. The van der Waals surface area contributed by atoms with Gasteiger partial charge in [0, 0.05) is 37.4 Å². The fourth-order valence-corrected chi connectivity index (χ4v) is 2.79. The van der Waals surface area contributed by atoms with Gasteiger partial charge < -0.3 is 5.32 Å². The summed E-state index contributed by atoms with van der Waals surface area (Å²) in [5.74, 6) is -0.327. The molecule has 2 aromatic rings. The summed E-state index contributed by atoms with van der Waals surface area (Å²) < 4.78 is 13.7. The quantitative estimate of drug-likeness (QED) is 0.938. The summed E-state index contributed by atoms with van der Waals surface area (Å²) in [6, 6.07) is 8.60. The molecule has 1 aromatic heterocycles. The molecule has 0 bridgehead atoms. The van der Waals surface area contributed by atoms with Crippen LogP contribution in [0.15, 0.2) is 42.9 Å². The second kappa shape index (κ2) is 7.28. The Balaban J connectivity index is 1.49. The Hall–Kier alpha value is -2.34. The van der Waals surface area contributed by atoms with E-state index < -0.39 is 0 Å². The molecule has 0 unspecified atom stereocenters. The average molecular weight is 314 g/mol. The van der Waals surface area contributed by atoms with E-state index in [9.17, 15) is 9.18 Å². The van der Waals surface area contributed by atoms with Crippen molar-refractivity contribution >= 4 is 5.91 Å². The molecule has 6 heteroatoms. The molecule has 1 fully saturated rings. The van der Waals surface area contributed by atoms with Crippen LogP contribution in [0.1, 0.15) is 28.9 Å². The van der Waals surface area contributed by atoms with Crippen molar-refractivity contribution in [1.29, 1.82) is 0 Å². The van der Waals surface area contributed by atoms with Crippen LogP contribution in [0.25, 0.3) is 0 Å². The second-order valence-corrected chi connectivity index (χ2v) is 5.71. The molecule has 0 saturated carbocycles. The number of hydrogen-bond acceptors (Lipinski definition) is 4. The lowest BCUT2D eigenvalue weighted by Gasteiger charge is -2.32. The second-order valence-electron chi connectivity index (χ2n) is 5.71. The topological polar surface area (TPSA) is 58.1 Å². The highest BCUT2D eigenvalue weighted by Gasteiger charge is 2.22. The summed E-state index contributed by atoms with van der Waals surface area (Å²) in [5, 5.41) is 3.00. The molecule has 0 spiro atoms. The average Bonchev–Trinajstić information content (AvgIpc) is 2.59. The van der Waals surface area contributed by atoms with Crippen molar-refractivity contribution in [2.45, 2.75) is 25.4 Å². The van der Waals surface area contributed by atoms with E-state index >= 15 is 0 Å². The Bertz CT molecular complexity index is 657. The summed E-state index contributed by atoms with van der Waals surface area (Å²) in [6.07, 6.45) is 4.63. The molecule has 1 saturated heterocycles. The Labute approximate surface area is 134 Å². The zero-order valence-electron chi connectivity index (χ0n) is 12.8. The van der Waals surface area contributed by atoms with Gasteiger partial charge in [-0.3, -0.25) is 9.69 Å². The van der Waals surface area contributed by atoms with Crippen LogP contribution < -0.4 is 5.32 Å². The van der Waals surface area contributed by atoms with Crippen LogP contribution in [0.2, 0.25) is 0 Å². The normalized spacial score (nSPS) is 16.2. The molecule has 1 amide bonds. The lowest BCUT2D eigenvalue weighted by Crippen LogP contribution is -2.44. The number of halogens is 1. The maximum atomic E-state index is 13.7. The molecule has 23 heavy (non-hydrogen) atoms. The van der Waals surface area contributed by atoms with Crippen molar-refractivity contribution < 1.29 is 9.18 Å². The molecule has 0 radical (unpaired) electrons. The molecule has 0 atom stereocenters. The SMILES string of the molecule is O=C(NC1CCN(Cc2ccccc2F)CC1)c1ccncn1.